The Bertz CT molecular complexity index is 796. The van der Waals surface area contributed by atoms with E-state index in [9.17, 15) is 13.2 Å². The van der Waals surface area contributed by atoms with Crippen LogP contribution < -0.4 is 0 Å². The summed E-state index contributed by atoms with van der Waals surface area (Å²) in [6.07, 6.45) is 0. The molecular weight excluding hydrogens is 350 g/mol. The average Bonchev–Trinajstić information content (AvgIpc) is 3.14. The van der Waals surface area contributed by atoms with Crippen LogP contribution in [0.25, 0.3) is 0 Å². The lowest BCUT2D eigenvalue weighted by Gasteiger charge is -2.26. The van der Waals surface area contributed by atoms with Gasteiger partial charge >= 0.3 is 5.97 Å². The molecule has 0 atom stereocenters. The quantitative estimate of drug-likeness (QED) is 0.757. The first-order valence-corrected chi connectivity index (χ1v) is 9.77. The van der Waals surface area contributed by atoms with Gasteiger partial charge in [0.2, 0.25) is 10.0 Å². The zero-order valence-corrected chi connectivity index (χ0v) is 14.5. The maximum atomic E-state index is 12.6. The van der Waals surface area contributed by atoms with Crippen LogP contribution in [0.5, 0.6) is 0 Å². The van der Waals surface area contributed by atoms with Gasteiger partial charge in [0.05, 0.1) is 23.7 Å². The van der Waals surface area contributed by atoms with Gasteiger partial charge in [-0.05, 0) is 29.6 Å². The van der Waals surface area contributed by atoms with Crippen LogP contribution in [0.3, 0.4) is 0 Å². The number of thiophene rings is 1. The van der Waals surface area contributed by atoms with Crippen molar-refractivity contribution in [1.29, 1.82) is 0 Å². The van der Waals surface area contributed by atoms with Crippen molar-refractivity contribution in [3.8, 4) is 0 Å². The summed E-state index contributed by atoms with van der Waals surface area (Å²) in [6.45, 7) is 1.56. The van der Waals surface area contributed by atoms with E-state index in [1.807, 2.05) is 17.5 Å². The Morgan fingerprint density at radius 3 is 2.71 bits per heavy atom. The van der Waals surface area contributed by atoms with E-state index in [-0.39, 0.29) is 17.1 Å². The summed E-state index contributed by atoms with van der Waals surface area (Å²) in [4.78, 5) is 13.2. The highest BCUT2D eigenvalue weighted by Gasteiger charge is 2.27. The second kappa shape index (κ2) is 7.43. The summed E-state index contributed by atoms with van der Waals surface area (Å²) in [5.41, 5.74) is 0.223. The predicted octanol–water partition coefficient (Wildman–Crippen LogP) is 2.13. The molecule has 1 fully saturated rings. The van der Waals surface area contributed by atoms with Crippen LogP contribution in [-0.4, -0.2) is 45.0 Å². The molecule has 0 spiro atoms. The Kier molecular flexibility index (Phi) is 5.30. The maximum absolute atomic E-state index is 12.6. The molecule has 6 nitrogen and oxygen atoms in total. The van der Waals surface area contributed by atoms with Crippen molar-refractivity contribution in [2.24, 2.45) is 0 Å². The number of ether oxygens (including phenoxy) is 2. The molecule has 1 aliphatic rings. The molecule has 2 heterocycles. The third kappa shape index (κ3) is 3.84. The molecule has 3 rings (SSSR count). The van der Waals surface area contributed by atoms with Crippen LogP contribution in [0.1, 0.15) is 15.2 Å². The van der Waals surface area contributed by atoms with Crippen LogP contribution >= 0.6 is 11.3 Å². The Balaban J connectivity index is 1.74. The van der Waals surface area contributed by atoms with Gasteiger partial charge in [0.15, 0.2) is 0 Å². The molecule has 1 aromatic heterocycles. The summed E-state index contributed by atoms with van der Waals surface area (Å²) < 4.78 is 37.0. The molecule has 128 valence electrons. The molecule has 0 radical (unpaired) electrons. The van der Waals surface area contributed by atoms with Gasteiger partial charge in [0, 0.05) is 18.0 Å². The highest BCUT2D eigenvalue weighted by molar-refractivity contribution is 7.89. The van der Waals surface area contributed by atoms with Crippen LogP contribution in [-0.2, 0) is 26.1 Å². The number of carbonyl (C=O) groups excluding carboxylic acids is 1. The molecule has 0 N–H and O–H groups in total. The molecule has 0 bridgehead atoms. The van der Waals surface area contributed by atoms with Gasteiger partial charge in [0.25, 0.3) is 0 Å². The van der Waals surface area contributed by atoms with E-state index in [4.69, 9.17) is 9.47 Å². The van der Waals surface area contributed by atoms with Crippen molar-refractivity contribution in [3.05, 3.63) is 52.2 Å². The molecule has 8 heteroatoms. The van der Waals surface area contributed by atoms with Gasteiger partial charge in [-0.3, -0.25) is 0 Å². The Labute approximate surface area is 144 Å². The molecule has 0 saturated carbocycles. The third-order valence-corrected chi connectivity index (χ3v) is 6.35. The molecule has 0 amide bonds. The summed E-state index contributed by atoms with van der Waals surface area (Å²) in [6, 6.07) is 9.70. The second-order valence-electron chi connectivity index (χ2n) is 5.20. The van der Waals surface area contributed by atoms with Crippen LogP contribution in [0, 0.1) is 0 Å². The Morgan fingerprint density at radius 1 is 1.21 bits per heavy atom. The van der Waals surface area contributed by atoms with E-state index in [2.05, 4.69) is 0 Å². The minimum Gasteiger partial charge on any atom is -0.456 e. The van der Waals surface area contributed by atoms with Gasteiger partial charge in [-0.25, -0.2) is 13.2 Å². The molecule has 1 aromatic carbocycles. The van der Waals surface area contributed by atoms with Gasteiger partial charge in [-0.2, -0.15) is 4.31 Å². The number of rotatable bonds is 5. The van der Waals surface area contributed by atoms with Crippen LogP contribution in [0.15, 0.2) is 46.7 Å². The normalized spacial score (nSPS) is 16.0. The van der Waals surface area contributed by atoms with Crippen molar-refractivity contribution in [1.82, 2.24) is 4.31 Å². The third-order valence-electron chi connectivity index (χ3n) is 3.60. The largest absolute Gasteiger partial charge is 0.456 e. The second-order valence-corrected chi connectivity index (χ2v) is 8.17. The van der Waals surface area contributed by atoms with E-state index in [0.717, 1.165) is 4.88 Å². The molecule has 2 aromatic rings. The monoisotopic (exact) mass is 367 g/mol. The van der Waals surface area contributed by atoms with Crippen LogP contribution in [0.4, 0.5) is 0 Å². The minimum atomic E-state index is -3.63. The van der Waals surface area contributed by atoms with E-state index < -0.39 is 16.0 Å². The molecule has 1 saturated heterocycles. The van der Waals surface area contributed by atoms with Gasteiger partial charge in [0.1, 0.15) is 6.61 Å². The van der Waals surface area contributed by atoms with E-state index in [1.54, 1.807) is 12.1 Å². The minimum absolute atomic E-state index is 0.0926. The lowest BCUT2D eigenvalue weighted by Crippen LogP contribution is -2.40. The highest BCUT2D eigenvalue weighted by atomic mass is 32.2. The van der Waals surface area contributed by atoms with E-state index in [1.165, 1.54) is 27.8 Å². The van der Waals surface area contributed by atoms with Gasteiger partial charge < -0.3 is 9.47 Å². The number of hydrogen-bond acceptors (Lipinski definition) is 6. The molecule has 0 unspecified atom stereocenters. The Morgan fingerprint density at radius 2 is 2.00 bits per heavy atom. The van der Waals surface area contributed by atoms with Gasteiger partial charge in [-0.15, -0.1) is 11.3 Å². The van der Waals surface area contributed by atoms with Crippen molar-refractivity contribution in [2.45, 2.75) is 11.5 Å². The summed E-state index contributed by atoms with van der Waals surface area (Å²) in [5.74, 6) is -0.539. The zero-order valence-electron chi connectivity index (χ0n) is 12.9. The molecule has 24 heavy (non-hydrogen) atoms. The summed E-state index contributed by atoms with van der Waals surface area (Å²) >= 11 is 1.49. The molecule has 0 aliphatic carbocycles. The number of carbonyl (C=O) groups is 1. The zero-order chi connectivity index (χ0) is 17.0. The van der Waals surface area contributed by atoms with Crippen molar-refractivity contribution < 1.29 is 22.7 Å². The fraction of sp³-hybridized carbons (Fsp3) is 0.312. The first-order valence-electron chi connectivity index (χ1n) is 7.45. The lowest BCUT2D eigenvalue weighted by atomic mass is 10.2. The molecule has 1 aliphatic heterocycles. The molecular formula is C16H17NO5S2. The summed E-state index contributed by atoms with van der Waals surface area (Å²) in [5, 5.41) is 1.90. The van der Waals surface area contributed by atoms with E-state index in [0.29, 0.717) is 26.3 Å². The number of morpholine rings is 1. The standard InChI is InChI=1S/C16H17NO5S2/c18-16(22-12-14-4-2-10-23-14)13-3-1-5-15(11-13)24(19,20)17-6-8-21-9-7-17/h1-5,10-11H,6-9,12H2. The first-order chi connectivity index (χ1) is 11.6. The fourth-order valence-corrected chi connectivity index (χ4v) is 4.40. The van der Waals surface area contributed by atoms with Crippen molar-refractivity contribution >= 4 is 27.3 Å². The highest BCUT2D eigenvalue weighted by Crippen LogP contribution is 2.19. The average molecular weight is 367 g/mol. The number of sulfonamides is 1. The number of hydrogen-bond donors (Lipinski definition) is 0. The van der Waals surface area contributed by atoms with Crippen LogP contribution in [0.2, 0.25) is 0 Å². The Hall–Kier alpha value is -1.74. The number of nitrogens with zero attached hydrogens (tertiary/aromatic N) is 1. The fourth-order valence-electron chi connectivity index (χ4n) is 2.33. The van der Waals surface area contributed by atoms with Crippen molar-refractivity contribution in [3.63, 3.8) is 0 Å². The number of benzene rings is 1. The summed E-state index contributed by atoms with van der Waals surface area (Å²) in [7, 11) is -3.63. The van der Waals surface area contributed by atoms with Crippen molar-refractivity contribution in [2.75, 3.05) is 26.3 Å². The SMILES string of the molecule is O=C(OCc1cccs1)c1cccc(S(=O)(=O)N2CCOCC2)c1. The maximum Gasteiger partial charge on any atom is 0.338 e. The van der Waals surface area contributed by atoms with E-state index >= 15 is 0 Å². The topological polar surface area (TPSA) is 72.9 Å². The number of esters is 1. The smallest absolute Gasteiger partial charge is 0.338 e. The predicted molar refractivity (Wildman–Crippen MR) is 89.5 cm³/mol. The van der Waals surface area contributed by atoms with Gasteiger partial charge in [-0.1, -0.05) is 12.1 Å². The lowest BCUT2D eigenvalue weighted by molar-refractivity contribution is 0.0476. The first kappa shape index (κ1) is 17.1.